The minimum absolute atomic E-state index is 0.491. The van der Waals surface area contributed by atoms with Crippen LogP contribution in [0.4, 0.5) is 0 Å². The molecule has 1 unspecified atom stereocenters. The first kappa shape index (κ1) is 13.9. The number of rotatable bonds is 6. The van der Waals surface area contributed by atoms with E-state index in [1.165, 1.54) is 0 Å². The summed E-state index contributed by atoms with van der Waals surface area (Å²) in [6.07, 6.45) is 0.259. The fraction of sp³-hybridized carbons (Fsp3) is 0.400. The number of nitrogens with zero attached hydrogens (tertiary/aromatic N) is 1. The Kier molecular flexibility index (Phi) is 4.85. The molecule has 0 aliphatic carbocycles. The third-order valence-corrected chi connectivity index (χ3v) is 2.92. The summed E-state index contributed by atoms with van der Waals surface area (Å²) in [5.74, 6) is 0. The van der Waals surface area contributed by atoms with Gasteiger partial charge in [-0.3, -0.25) is 4.98 Å². The Morgan fingerprint density at radius 2 is 1.84 bits per heavy atom. The van der Waals surface area contributed by atoms with Crippen molar-refractivity contribution in [3.8, 4) is 0 Å². The van der Waals surface area contributed by atoms with Crippen molar-refractivity contribution in [3.05, 3.63) is 42.1 Å². The molecule has 0 saturated carbocycles. The molecule has 0 saturated heterocycles. The lowest BCUT2D eigenvalue weighted by Crippen LogP contribution is -2.26. The molecule has 19 heavy (non-hydrogen) atoms. The smallest absolute Gasteiger partial charge is 0.187 e. The second-order valence-corrected chi connectivity index (χ2v) is 4.14. The monoisotopic (exact) mass is 261 g/mol. The topological polar surface area (TPSA) is 51.6 Å². The Hall–Kier alpha value is -1.49. The van der Waals surface area contributed by atoms with Gasteiger partial charge in [0.05, 0.1) is 5.52 Å². The van der Waals surface area contributed by atoms with Gasteiger partial charge in [-0.05, 0) is 31.5 Å². The van der Waals surface area contributed by atoms with E-state index >= 15 is 0 Å². The van der Waals surface area contributed by atoms with Crippen molar-refractivity contribution in [2.45, 2.75) is 26.2 Å². The third kappa shape index (κ3) is 3.10. The van der Waals surface area contributed by atoms with Crippen LogP contribution in [0.3, 0.4) is 0 Å². The van der Waals surface area contributed by atoms with Gasteiger partial charge in [0.15, 0.2) is 6.29 Å². The average molecular weight is 261 g/mol. The number of aliphatic hydroxyl groups is 1. The van der Waals surface area contributed by atoms with E-state index in [0.29, 0.717) is 13.2 Å². The van der Waals surface area contributed by atoms with E-state index in [1.807, 2.05) is 44.2 Å². The van der Waals surface area contributed by atoms with Gasteiger partial charge >= 0.3 is 0 Å². The summed E-state index contributed by atoms with van der Waals surface area (Å²) >= 11 is 0. The fourth-order valence-corrected chi connectivity index (χ4v) is 2.09. The van der Waals surface area contributed by atoms with Crippen LogP contribution in [0, 0.1) is 0 Å². The van der Waals surface area contributed by atoms with E-state index < -0.39 is 12.4 Å². The Balaban J connectivity index is 2.36. The van der Waals surface area contributed by atoms with Crippen LogP contribution in [0.15, 0.2) is 36.5 Å². The van der Waals surface area contributed by atoms with Crippen molar-refractivity contribution in [2.75, 3.05) is 13.2 Å². The first-order chi connectivity index (χ1) is 9.27. The lowest BCUT2D eigenvalue weighted by molar-refractivity contribution is -0.191. The molecule has 1 heterocycles. The molecule has 0 radical (unpaired) electrons. The van der Waals surface area contributed by atoms with Gasteiger partial charge in [0.25, 0.3) is 0 Å². The highest BCUT2D eigenvalue weighted by molar-refractivity contribution is 5.82. The normalized spacial score (nSPS) is 13.1. The maximum atomic E-state index is 10.5. The second-order valence-electron chi connectivity index (χ2n) is 4.14. The van der Waals surface area contributed by atoms with Crippen molar-refractivity contribution in [3.63, 3.8) is 0 Å². The molecule has 4 heteroatoms. The van der Waals surface area contributed by atoms with E-state index in [9.17, 15) is 5.11 Å². The van der Waals surface area contributed by atoms with Crippen molar-refractivity contribution in [1.29, 1.82) is 0 Å². The van der Waals surface area contributed by atoms with Gasteiger partial charge in [0.2, 0.25) is 0 Å². The van der Waals surface area contributed by atoms with Crippen molar-refractivity contribution in [2.24, 2.45) is 0 Å². The molecule has 0 bridgehead atoms. The van der Waals surface area contributed by atoms with E-state index in [-0.39, 0.29) is 0 Å². The van der Waals surface area contributed by atoms with Gasteiger partial charge in [-0.25, -0.2) is 0 Å². The van der Waals surface area contributed by atoms with Gasteiger partial charge in [0, 0.05) is 24.8 Å². The highest BCUT2D eigenvalue weighted by Gasteiger charge is 2.23. The van der Waals surface area contributed by atoms with E-state index in [2.05, 4.69) is 4.98 Å². The minimum atomic E-state index is -0.826. The van der Waals surface area contributed by atoms with Crippen LogP contribution in [-0.4, -0.2) is 29.6 Å². The average Bonchev–Trinajstić information content (AvgIpc) is 2.46. The lowest BCUT2D eigenvalue weighted by Gasteiger charge is -2.23. The molecule has 2 rings (SSSR count). The Labute approximate surface area is 113 Å². The molecular formula is C15H19NO3. The molecule has 102 valence electrons. The molecule has 0 amide bonds. The summed E-state index contributed by atoms with van der Waals surface area (Å²) in [7, 11) is 0. The van der Waals surface area contributed by atoms with Crippen molar-refractivity contribution in [1.82, 2.24) is 4.98 Å². The molecule has 0 aliphatic heterocycles. The Bertz CT molecular complexity index is 518. The summed E-state index contributed by atoms with van der Waals surface area (Å²) in [6.45, 7) is 4.74. The molecule has 1 atom stereocenters. The predicted octanol–water partition coefficient (Wildman–Crippen LogP) is 2.67. The fourth-order valence-electron chi connectivity index (χ4n) is 2.09. The van der Waals surface area contributed by atoms with Crippen LogP contribution in [0.1, 0.15) is 25.5 Å². The molecule has 0 fully saturated rings. The van der Waals surface area contributed by atoms with Gasteiger partial charge in [0.1, 0.15) is 6.10 Å². The SMILES string of the molecule is CCOC(OCC)C(O)c1cccc2ncccc12. The van der Waals surface area contributed by atoms with Gasteiger partial charge in [-0.1, -0.05) is 18.2 Å². The zero-order valence-corrected chi connectivity index (χ0v) is 11.2. The third-order valence-electron chi connectivity index (χ3n) is 2.92. The maximum absolute atomic E-state index is 10.5. The molecule has 0 aliphatic rings. The largest absolute Gasteiger partial charge is 0.383 e. The van der Waals surface area contributed by atoms with Crippen LogP contribution >= 0.6 is 0 Å². The number of aliphatic hydroxyl groups excluding tert-OH is 1. The quantitative estimate of drug-likeness (QED) is 0.812. The van der Waals surface area contributed by atoms with E-state index in [4.69, 9.17) is 9.47 Å². The standard InChI is InChI=1S/C15H19NO3/c1-3-18-15(19-4-2)14(17)12-7-5-9-13-11(12)8-6-10-16-13/h5-10,14-15,17H,3-4H2,1-2H3. The molecular weight excluding hydrogens is 242 g/mol. The first-order valence-electron chi connectivity index (χ1n) is 6.52. The maximum Gasteiger partial charge on any atom is 0.187 e. The molecule has 4 nitrogen and oxygen atoms in total. The van der Waals surface area contributed by atoms with Gasteiger partial charge in [-0.15, -0.1) is 0 Å². The molecule has 2 aromatic rings. The second kappa shape index (κ2) is 6.61. The Morgan fingerprint density at radius 3 is 2.53 bits per heavy atom. The lowest BCUT2D eigenvalue weighted by atomic mass is 10.0. The zero-order chi connectivity index (χ0) is 13.7. The summed E-state index contributed by atoms with van der Waals surface area (Å²) in [4.78, 5) is 4.28. The molecule has 0 spiro atoms. The summed E-state index contributed by atoms with van der Waals surface area (Å²) in [6, 6.07) is 9.47. The van der Waals surface area contributed by atoms with Crippen LogP contribution in [0.2, 0.25) is 0 Å². The summed E-state index contributed by atoms with van der Waals surface area (Å²) in [5, 5.41) is 11.4. The Morgan fingerprint density at radius 1 is 1.11 bits per heavy atom. The number of pyridine rings is 1. The number of aromatic nitrogens is 1. The van der Waals surface area contributed by atoms with E-state index in [0.717, 1.165) is 16.5 Å². The minimum Gasteiger partial charge on any atom is -0.383 e. The highest BCUT2D eigenvalue weighted by Crippen LogP contribution is 2.27. The van der Waals surface area contributed by atoms with Crippen LogP contribution in [0.5, 0.6) is 0 Å². The van der Waals surface area contributed by atoms with Crippen molar-refractivity contribution < 1.29 is 14.6 Å². The molecule has 1 aromatic heterocycles. The number of fused-ring (bicyclic) bond motifs is 1. The predicted molar refractivity (Wildman–Crippen MR) is 73.7 cm³/mol. The highest BCUT2D eigenvalue weighted by atomic mass is 16.7. The number of hydrogen-bond donors (Lipinski definition) is 1. The first-order valence-corrected chi connectivity index (χ1v) is 6.52. The number of ether oxygens (including phenoxy) is 2. The van der Waals surface area contributed by atoms with Crippen LogP contribution in [0.25, 0.3) is 10.9 Å². The van der Waals surface area contributed by atoms with Crippen LogP contribution < -0.4 is 0 Å². The number of hydrogen-bond acceptors (Lipinski definition) is 4. The van der Waals surface area contributed by atoms with Crippen molar-refractivity contribution >= 4 is 10.9 Å². The summed E-state index contributed by atoms with van der Waals surface area (Å²) in [5.41, 5.74) is 1.63. The molecule has 1 N–H and O–H groups in total. The van der Waals surface area contributed by atoms with Gasteiger partial charge < -0.3 is 14.6 Å². The summed E-state index contributed by atoms with van der Waals surface area (Å²) < 4.78 is 10.9. The van der Waals surface area contributed by atoms with E-state index in [1.54, 1.807) is 6.20 Å². The van der Waals surface area contributed by atoms with Gasteiger partial charge in [-0.2, -0.15) is 0 Å². The zero-order valence-electron chi connectivity index (χ0n) is 11.2. The molecule has 1 aromatic carbocycles. The van der Waals surface area contributed by atoms with Crippen LogP contribution in [-0.2, 0) is 9.47 Å². The number of benzene rings is 1.